The molecule has 0 saturated carbocycles. The number of hydrazine groups is 1. The summed E-state index contributed by atoms with van der Waals surface area (Å²) < 4.78 is 5.33. The monoisotopic (exact) mass is 294 g/mol. The van der Waals surface area contributed by atoms with E-state index < -0.39 is 5.91 Å². The summed E-state index contributed by atoms with van der Waals surface area (Å²) in [4.78, 5) is 36.5. The Morgan fingerprint density at radius 3 is 2.90 bits per heavy atom. The second-order valence-corrected chi connectivity index (χ2v) is 4.91. The van der Waals surface area contributed by atoms with Crippen LogP contribution in [0.25, 0.3) is 0 Å². The Labute approximate surface area is 121 Å². The van der Waals surface area contributed by atoms with Crippen molar-refractivity contribution in [2.45, 2.75) is 32.9 Å². The van der Waals surface area contributed by atoms with Crippen molar-refractivity contribution in [3.63, 3.8) is 0 Å². The van der Waals surface area contributed by atoms with E-state index >= 15 is 0 Å². The first kappa shape index (κ1) is 15.2. The topological polar surface area (TPSA) is 118 Å². The van der Waals surface area contributed by atoms with Gasteiger partial charge in [0.05, 0.1) is 12.6 Å². The van der Waals surface area contributed by atoms with E-state index in [0.29, 0.717) is 18.7 Å². The Balaban J connectivity index is 2.19. The summed E-state index contributed by atoms with van der Waals surface area (Å²) in [5.41, 5.74) is 2.74. The van der Waals surface area contributed by atoms with Gasteiger partial charge in [0.2, 0.25) is 11.8 Å². The molecule has 1 saturated heterocycles. The summed E-state index contributed by atoms with van der Waals surface area (Å²) in [6.07, 6.45) is 0.589. The molecule has 114 valence electrons. The number of carbonyl (C=O) groups is 3. The predicted molar refractivity (Wildman–Crippen MR) is 72.7 cm³/mol. The number of nitrogens with zero attached hydrogens (tertiary/aromatic N) is 1. The van der Waals surface area contributed by atoms with Gasteiger partial charge >= 0.3 is 5.91 Å². The fraction of sp³-hybridized carbons (Fsp3) is 0.462. The highest BCUT2D eigenvalue weighted by Gasteiger charge is 2.33. The van der Waals surface area contributed by atoms with E-state index in [-0.39, 0.29) is 30.2 Å². The number of carbonyl (C=O) groups excluding carboxylic acids is 3. The second-order valence-electron chi connectivity index (χ2n) is 4.91. The van der Waals surface area contributed by atoms with Crippen molar-refractivity contribution in [2.75, 3.05) is 6.54 Å². The van der Waals surface area contributed by atoms with Crippen LogP contribution in [-0.2, 0) is 16.1 Å². The summed E-state index contributed by atoms with van der Waals surface area (Å²) in [7, 11) is 0. The third-order valence-electron chi connectivity index (χ3n) is 3.49. The summed E-state index contributed by atoms with van der Waals surface area (Å²) in [5, 5.41) is 2.32. The molecule has 8 nitrogen and oxygen atoms in total. The minimum absolute atomic E-state index is 0.103. The molecule has 1 fully saturated rings. The molecular weight excluding hydrogens is 276 g/mol. The normalized spacial score (nSPS) is 19.5. The van der Waals surface area contributed by atoms with Crippen LogP contribution in [0, 0.1) is 6.92 Å². The molecule has 21 heavy (non-hydrogen) atoms. The van der Waals surface area contributed by atoms with E-state index in [1.807, 2.05) is 12.3 Å². The fourth-order valence-electron chi connectivity index (χ4n) is 2.41. The van der Waals surface area contributed by atoms with Crippen molar-refractivity contribution in [3.8, 4) is 0 Å². The minimum atomic E-state index is -0.524. The number of furan rings is 1. The maximum atomic E-state index is 11.8. The summed E-state index contributed by atoms with van der Waals surface area (Å²) in [6, 6.07) is 1.20. The number of nitrogens with one attached hydrogen (secondary N) is 2. The molecule has 2 rings (SSSR count). The Hall–Kier alpha value is -2.19. The van der Waals surface area contributed by atoms with Crippen molar-refractivity contribution in [3.05, 3.63) is 23.2 Å². The van der Waals surface area contributed by atoms with Gasteiger partial charge in [0, 0.05) is 12.1 Å². The average Bonchev–Trinajstić information content (AvgIpc) is 2.79. The van der Waals surface area contributed by atoms with E-state index in [1.54, 1.807) is 17.9 Å². The molecule has 1 aromatic heterocycles. The lowest BCUT2D eigenvalue weighted by Crippen LogP contribution is -2.57. The van der Waals surface area contributed by atoms with Crippen LogP contribution < -0.4 is 16.6 Å². The van der Waals surface area contributed by atoms with E-state index in [0.717, 1.165) is 5.56 Å². The van der Waals surface area contributed by atoms with Gasteiger partial charge in [0.25, 0.3) is 0 Å². The number of piperazine rings is 1. The first-order chi connectivity index (χ1) is 9.96. The maximum Gasteiger partial charge on any atom is 0.300 e. The Morgan fingerprint density at radius 1 is 1.57 bits per heavy atom. The van der Waals surface area contributed by atoms with Gasteiger partial charge in [0.15, 0.2) is 5.76 Å². The summed E-state index contributed by atoms with van der Waals surface area (Å²) >= 11 is 0. The molecule has 1 aliphatic rings. The highest BCUT2D eigenvalue weighted by atomic mass is 16.4. The van der Waals surface area contributed by atoms with Gasteiger partial charge in [-0.3, -0.25) is 30.0 Å². The first-order valence-electron chi connectivity index (χ1n) is 6.64. The number of imide groups is 1. The van der Waals surface area contributed by atoms with Gasteiger partial charge in [-0.1, -0.05) is 6.92 Å². The van der Waals surface area contributed by atoms with Crippen LogP contribution in [-0.4, -0.2) is 35.2 Å². The molecule has 0 aliphatic carbocycles. The number of rotatable bonds is 4. The molecular formula is C13H18N4O4. The maximum absolute atomic E-state index is 11.8. The second kappa shape index (κ2) is 6.06. The molecule has 0 spiro atoms. The number of hydrogen-bond acceptors (Lipinski definition) is 6. The van der Waals surface area contributed by atoms with Crippen molar-refractivity contribution in [2.24, 2.45) is 5.84 Å². The van der Waals surface area contributed by atoms with Crippen LogP contribution in [0.2, 0.25) is 0 Å². The number of nitrogen functional groups attached to an aromatic ring is 1. The predicted octanol–water partition coefficient (Wildman–Crippen LogP) is -0.571. The van der Waals surface area contributed by atoms with Crippen molar-refractivity contribution in [1.82, 2.24) is 15.6 Å². The van der Waals surface area contributed by atoms with Crippen molar-refractivity contribution >= 4 is 17.7 Å². The minimum Gasteiger partial charge on any atom is -0.456 e. The number of aryl methyl sites for hydroxylation is 1. The van der Waals surface area contributed by atoms with Crippen LogP contribution in [0.1, 0.15) is 35.2 Å². The van der Waals surface area contributed by atoms with Gasteiger partial charge < -0.3 is 4.42 Å². The number of nitrogens with two attached hydrogens (primary N) is 1. The highest BCUT2D eigenvalue weighted by molar-refractivity contribution is 6.01. The largest absolute Gasteiger partial charge is 0.456 e. The van der Waals surface area contributed by atoms with Gasteiger partial charge in [-0.25, -0.2) is 5.84 Å². The molecule has 0 bridgehead atoms. The van der Waals surface area contributed by atoms with E-state index in [4.69, 9.17) is 10.3 Å². The Kier molecular flexibility index (Phi) is 4.39. The van der Waals surface area contributed by atoms with Gasteiger partial charge in [-0.05, 0) is 19.4 Å². The van der Waals surface area contributed by atoms with Crippen LogP contribution in [0.5, 0.6) is 0 Å². The molecule has 3 amide bonds. The molecule has 8 heteroatoms. The van der Waals surface area contributed by atoms with Gasteiger partial charge in [-0.15, -0.1) is 0 Å². The van der Waals surface area contributed by atoms with Crippen LogP contribution >= 0.6 is 0 Å². The zero-order chi connectivity index (χ0) is 15.6. The average molecular weight is 294 g/mol. The Bertz CT molecular complexity index is 581. The summed E-state index contributed by atoms with van der Waals surface area (Å²) in [5.74, 6) is 4.57. The molecule has 1 aromatic rings. The SMILES string of the molecule is CCC1C(=O)NC(=O)CN1Cc1cc(C(=O)NN)oc1C. The molecule has 4 N–H and O–H groups in total. The summed E-state index contributed by atoms with van der Waals surface area (Å²) in [6.45, 7) is 4.08. The highest BCUT2D eigenvalue weighted by Crippen LogP contribution is 2.20. The fourth-order valence-corrected chi connectivity index (χ4v) is 2.41. The zero-order valence-corrected chi connectivity index (χ0v) is 11.9. The van der Waals surface area contributed by atoms with Crippen molar-refractivity contribution in [1.29, 1.82) is 0 Å². The third kappa shape index (κ3) is 3.11. The molecule has 1 atom stereocenters. The van der Waals surface area contributed by atoms with Crippen LogP contribution in [0.4, 0.5) is 0 Å². The Morgan fingerprint density at radius 2 is 2.29 bits per heavy atom. The third-order valence-corrected chi connectivity index (χ3v) is 3.49. The lowest BCUT2D eigenvalue weighted by Gasteiger charge is -2.33. The van der Waals surface area contributed by atoms with E-state index in [2.05, 4.69) is 5.32 Å². The van der Waals surface area contributed by atoms with Crippen LogP contribution in [0.15, 0.2) is 10.5 Å². The standard InChI is InChI=1S/C13H18N4O4/c1-3-9-12(19)15-11(18)6-17(9)5-8-4-10(13(20)16-14)21-7(8)2/h4,9H,3,5-6,14H2,1-2H3,(H,16,20)(H,15,18,19). The molecule has 0 radical (unpaired) electrons. The molecule has 0 aromatic carbocycles. The first-order valence-corrected chi connectivity index (χ1v) is 6.64. The van der Waals surface area contributed by atoms with Gasteiger partial charge in [-0.2, -0.15) is 0 Å². The van der Waals surface area contributed by atoms with Gasteiger partial charge in [0.1, 0.15) is 5.76 Å². The zero-order valence-electron chi connectivity index (χ0n) is 11.9. The molecule has 2 heterocycles. The smallest absolute Gasteiger partial charge is 0.300 e. The number of amides is 3. The molecule has 1 aliphatic heterocycles. The quantitative estimate of drug-likeness (QED) is 0.296. The van der Waals surface area contributed by atoms with Crippen molar-refractivity contribution < 1.29 is 18.8 Å². The lowest BCUT2D eigenvalue weighted by atomic mass is 10.1. The number of hydrogen-bond donors (Lipinski definition) is 3. The van der Waals surface area contributed by atoms with E-state index in [1.165, 1.54) is 0 Å². The van der Waals surface area contributed by atoms with Crippen LogP contribution in [0.3, 0.4) is 0 Å². The van der Waals surface area contributed by atoms with E-state index in [9.17, 15) is 14.4 Å². The lowest BCUT2D eigenvalue weighted by molar-refractivity contribution is -0.140. The molecule has 1 unspecified atom stereocenters.